The molecule has 0 radical (unpaired) electrons. The maximum Gasteiger partial charge on any atom is 0.273 e. The number of carbonyl (C=O) groups is 1. The van der Waals surface area contributed by atoms with Crippen molar-refractivity contribution < 1.29 is 9.90 Å². The molecular formula is C25H23ClN6O2. The third-order valence-electron chi connectivity index (χ3n) is 5.77. The highest BCUT2D eigenvalue weighted by Crippen LogP contribution is 2.34. The number of anilines is 1. The highest BCUT2D eigenvalue weighted by molar-refractivity contribution is 6.35. The Kier molecular flexibility index (Phi) is 6.10. The molecule has 0 atom stereocenters. The Hall–Kier alpha value is -3.59. The summed E-state index contributed by atoms with van der Waals surface area (Å²) in [6.07, 6.45) is 1.41. The monoisotopic (exact) mass is 474 g/mol. The Labute approximate surface area is 201 Å². The van der Waals surface area contributed by atoms with Gasteiger partial charge in [0.15, 0.2) is 11.5 Å². The Bertz CT molecular complexity index is 1360. The molecule has 2 aromatic heterocycles. The summed E-state index contributed by atoms with van der Waals surface area (Å²) in [6, 6.07) is 17.0. The van der Waals surface area contributed by atoms with E-state index in [1.54, 1.807) is 12.3 Å². The molecule has 9 heteroatoms. The lowest BCUT2D eigenvalue weighted by molar-refractivity contribution is 0.00336. The number of fused-ring (bicyclic) bond motifs is 1. The number of hydrogen-bond acceptors (Lipinski definition) is 7. The lowest BCUT2D eigenvalue weighted by atomic mass is 10.0. The van der Waals surface area contributed by atoms with Gasteiger partial charge in [0.25, 0.3) is 5.91 Å². The minimum absolute atomic E-state index is 0.0491. The van der Waals surface area contributed by atoms with Crippen LogP contribution in [0.2, 0.25) is 5.02 Å². The van der Waals surface area contributed by atoms with Gasteiger partial charge in [0.1, 0.15) is 0 Å². The van der Waals surface area contributed by atoms with E-state index in [2.05, 4.69) is 25.2 Å². The Morgan fingerprint density at radius 1 is 1.09 bits per heavy atom. The fourth-order valence-electron chi connectivity index (χ4n) is 4.04. The van der Waals surface area contributed by atoms with E-state index in [4.69, 9.17) is 17.3 Å². The average molecular weight is 475 g/mol. The Balaban J connectivity index is 1.54. The smallest absolute Gasteiger partial charge is 0.273 e. The molecule has 1 saturated heterocycles. The maximum atomic E-state index is 12.9. The molecule has 5 rings (SSSR count). The molecule has 2 aromatic carbocycles. The van der Waals surface area contributed by atoms with Crippen LogP contribution in [-0.4, -0.2) is 63.1 Å². The highest BCUT2D eigenvalue weighted by atomic mass is 35.5. The third-order valence-corrected chi connectivity index (χ3v) is 6.06. The van der Waals surface area contributed by atoms with Crippen molar-refractivity contribution in [3.63, 3.8) is 0 Å². The molecule has 3 heterocycles. The lowest BCUT2D eigenvalue weighted by Crippen LogP contribution is -2.52. The molecule has 1 fully saturated rings. The molecule has 0 unspecified atom stereocenters. The molecule has 34 heavy (non-hydrogen) atoms. The van der Waals surface area contributed by atoms with Gasteiger partial charge < -0.3 is 16.2 Å². The van der Waals surface area contributed by atoms with E-state index in [-0.39, 0.29) is 17.6 Å². The van der Waals surface area contributed by atoms with Crippen molar-refractivity contribution >= 4 is 34.2 Å². The first kappa shape index (κ1) is 22.2. The van der Waals surface area contributed by atoms with Crippen molar-refractivity contribution in [3.05, 3.63) is 71.5 Å². The summed E-state index contributed by atoms with van der Waals surface area (Å²) in [7, 11) is 0. The third kappa shape index (κ3) is 4.43. The molecule has 0 aliphatic carbocycles. The fraction of sp³-hybridized carbons (Fsp3) is 0.200. The first-order valence-corrected chi connectivity index (χ1v) is 11.3. The number of likely N-dealkylation sites (tertiary alicyclic amines) is 1. The standard InChI is InChI=1S/C25H23ClN6O2/c26-19-12-17(11-16-7-4-8-28-20(16)19)22-21(15-5-2-1-3-6-15)31-24(27)23(30-22)25(34)29-9-10-32-13-18(33)14-32/h1-8,11-12,18,33H,9-10,13-14H2,(H2,27,31)(H,29,34). The molecule has 1 aliphatic rings. The van der Waals surface area contributed by atoms with E-state index in [1.807, 2.05) is 48.5 Å². The van der Waals surface area contributed by atoms with Crippen LogP contribution < -0.4 is 11.1 Å². The topological polar surface area (TPSA) is 117 Å². The fourth-order valence-corrected chi connectivity index (χ4v) is 4.31. The van der Waals surface area contributed by atoms with Crippen molar-refractivity contribution in [3.8, 4) is 22.5 Å². The number of nitrogens with zero attached hydrogens (tertiary/aromatic N) is 4. The summed E-state index contributed by atoms with van der Waals surface area (Å²) >= 11 is 6.53. The van der Waals surface area contributed by atoms with E-state index in [0.29, 0.717) is 53.7 Å². The van der Waals surface area contributed by atoms with Crippen LogP contribution in [0.1, 0.15) is 10.5 Å². The molecule has 8 nitrogen and oxygen atoms in total. The van der Waals surface area contributed by atoms with Gasteiger partial charge in [0.2, 0.25) is 0 Å². The number of benzene rings is 2. The van der Waals surface area contributed by atoms with Crippen LogP contribution in [0.15, 0.2) is 60.8 Å². The van der Waals surface area contributed by atoms with E-state index < -0.39 is 5.91 Å². The van der Waals surface area contributed by atoms with E-state index >= 15 is 0 Å². The van der Waals surface area contributed by atoms with Crippen molar-refractivity contribution in [2.24, 2.45) is 0 Å². The van der Waals surface area contributed by atoms with E-state index in [9.17, 15) is 9.90 Å². The van der Waals surface area contributed by atoms with Gasteiger partial charge in [-0.15, -0.1) is 0 Å². The number of nitrogen functional groups attached to an aromatic ring is 1. The number of aromatic nitrogens is 3. The largest absolute Gasteiger partial charge is 0.390 e. The quantitative estimate of drug-likeness (QED) is 0.393. The van der Waals surface area contributed by atoms with Gasteiger partial charge in [0, 0.05) is 48.9 Å². The van der Waals surface area contributed by atoms with Crippen molar-refractivity contribution in [1.29, 1.82) is 0 Å². The van der Waals surface area contributed by atoms with Crippen molar-refractivity contribution in [2.45, 2.75) is 6.10 Å². The van der Waals surface area contributed by atoms with Crippen molar-refractivity contribution in [1.82, 2.24) is 25.2 Å². The van der Waals surface area contributed by atoms with Gasteiger partial charge in [-0.25, -0.2) is 9.97 Å². The average Bonchev–Trinajstić information content (AvgIpc) is 2.83. The van der Waals surface area contributed by atoms with Gasteiger partial charge >= 0.3 is 0 Å². The molecule has 0 bridgehead atoms. The number of amides is 1. The predicted molar refractivity (Wildman–Crippen MR) is 132 cm³/mol. The Morgan fingerprint density at radius 3 is 2.62 bits per heavy atom. The van der Waals surface area contributed by atoms with Gasteiger partial charge in [-0.2, -0.15) is 0 Å². The number of carbonyl (C=O) groups excluding carboxylic acids is 1. The van der Waals surface area contributed by atoms with E-state index in [1.165, 1.54) is 0 Å². The van der Waals surface area contributed by atoms with Crippen LogP contribution in [0.4, 0.5) is 5.82 Å². The van der Waals surface area contributed by atoms with E-state index in [0.717, 1.165) is 10.9 Å². The van der Waals surface area contributed by atoms with Crippen LogP contribution in [0.25, 0.3) is 33.4 Å². The molecule has 4 aromatic rings. The zero-order chi connectivity index (χ0) is 23.7. The molecular weight excluding hydrogens is 452 g/mol. The zero-order valence-electron chi connectivity index (χ0n) is 18.3. The summed E-state index contributed by atoms with van der Waals surface area (Å²) in [6.45, 7) is 2.28. The van der Waals surface area contributed by atoms with Crippen molar-refractivity contribution in [2.75, 3.05) is 31.9 Å². The molecule has 172 valence electrons. The lowest BCUT2D eigenvalue weighted by Gasteiger charge is -2.35. The van der Waals surface area contributed by atoms with Gasteiger partial charge in [-0.3, -0.25) is 14.7 Å². The second-order valence-corrected chi connectivity index (χ2v) is 8.63. The first-order valence-electron chi connectivity index (χ1n) is 11.0. The number of aliphatic hydroxyl groups is 1. The van der Waals surface area contributed by atoms with Gasteiger partial charge in [-0.05, 0) is 18.2 Å². The summed E-state index contributed by atoms with van der Waals surface area (Å²) < 4.78 is 0. The number of halogens is 1. The molecule has 0 spiro atoms. The van der Waals surface area contributed by atoms with Gasteiger partial charge in [0.05, 0.1) is 28.0 Å². The molecule has 0 saturated carbocycles. The summed E-state index contributed by atoms with van der Waals surface area (Å²) in [5.74, 6) is -0.353. The minimum Gasteiger partial charge on any atom is -0.390 e. The predicted octanol–water partition coefficient (Wildman–Crippen LogP) is 3.00. The van der Waals surface area contributed by atoms with Crippen LogP contribution >= 0.6 is 11.6 Å². The normalized spacial score (nSPS) is 14.2. The SMILES string of the molecule is Nc1nc(-c2ccccc2)c(-c2cc(Cl)c3ncccc3c2)nc1C(=O)NCCN1CC(O)C1. The van der Waals surface area contributed by atoms with Crippen LogP contribution in [0, 0.1) is 0 Å². The second kappa shape index (κ2) is 9.34. The summed E-state index contributed by atoms with van der Waals surface area (Å²) in [5.41, 5.74) is 9.54. The highest BCUT2D eigenvalue weighted by Gasteiger charge is 2.24. The zero-order valence-corrected chi connectivity index (χ0v) is 19.0. The first-order chi connectivity index (χ1) is 16.5. The van der Waals surface area contributed by atoms with Crippen LogP contribution in [0.5, 0.6) is 0 Å². The van der Waals surface area contributed by atoms with Crippen LogP contribution in [0.3, 0.4) is 0 Å². The maximum absolute atomic E-state index is 12.9. The number of nitrogens with one attached hydrogen (secondary N) is 1. The summed E-state index contributed by atoms with van der Waals surface area (Å²) in [5, 5.41) is 13.6. The molecule has 4 N–H and O–H groups in total. The minimum atomic E-state index is -0.402. The summed E-state index contributed by atoms with van der Waals surface area (Å²) in [4.78, 5) is 28.6. The number of rotatable bonds is 6. The Morgan fingerprint density at radius 2 is 1.85 bits per heavy atom. The number of nitrogens with two attached hydrogens (primary N) is 1. The molecule has 1 aliphatic heterocycles. The second-order valence-electron chi connectivity index (χ2n) is 8.22. The van der Waals surface area contributed by atoms with Gasteiger partial charge in [-0.1, -0.05) is 48.0 Å². The number of aliphatic hydroxyl groups excluding tert-OH is 1. The number of β-amino-alcohol motifs (C(OH)–C–C–N with tert-alkyl or cyclic N) is 1. The number of hydrogen-bond donors (Lipinski definition) is 3. The van der Waals surface area contributed by atoms with Crippen LogP contribution in [-0.2, 0) is 0 Å². The molecule has 1 amide bonds. The number of pyridine rings is 1.